The number of carbonyl (C=O) groups is 2. The summed E-state index contributed by atoms with van der Waals surface area (Å²) in [5.74, 6) is -0.183. The number of morpholine rings is 1. The molecular formula is C23H26ClN3O3. The zero-order valence-electron chi connectivity index (χ0n) is 17.0. The quantitative estimate of drug-likeness (QED) is 0.767. The second kappa shape index (κ2) is 9.06. The highest BCUT2D eigenvalue weighted by atomic mass is 35.5. The van der Waals surface area contributed by atoms with Crippen molar-refractivity contribution < 1.29 is 14.3 Å². The van der Waals surface area contributed by atoms with Gasteiger partial charge in [-0.15, -0.1) is 0 Å². The molecule has 1 heterocycles. The molecule has 0 bridgehead atoms. The second-order valence-corrected chi connectivity index (χ2v) is 8.27. The minimum Gasteiger partial charge on any atom is -0.378 e. The van der Waals surface area contributed by atoms with E-state index in [1.54, 1.807) is 7.05 Å². The van der Waals surface area contributed by atoms with E-state index in [0.717, 1.165) is 49.7 Å². The maximum Gasteiger partial charge on any atom is 0.243 e. The molecule has 158 valence electrons. The van der Waals surface area contributed by atoms with Crippen LogP contribution in [0.5, 0.6) is 0 Å². The smallest absolute Gasteiger partial charge is 0.243 e. The molecule has 0 spiro atoms. The molecule has 1 saturated heterocycles. The largest absolute Gasteiger partial charge is 0.378 e. The Morgan fingerprint density at radius 3 is 2.53 bits per heavy atom. The van der Waals surface area contributed by atoms with E-state index in [4.69, 9.17) is 16.3 Å². The first-order valence-electron chi connectivity index (χ1n) is 10.2. The molecule has 1 aliphatic heterocycles. The van der Waals surface area contributed by atoms with Crippen molar-refractivity contribution in [1.29, 1.82) is 0 Å². The monoisotopic (exact) mass is 427 g/mol. The molecule has 1 saturated carbocycles. The zero-order chi connectivity index (χ0) is 21.1. The number of likely N-dealkylation sites (N-methyl/N-ethyl adjacent to an activating group) is 1. The van der Waals surface area contributed by atoms with Gasteiger partial charge < -0.3 is 19.9 Å². The molecule has 1 aliphatic carbocycles. The predicted octanol–water partition coefficient (Wildman–Crippen LogP) is 3.38. The third kappa shape index (κ3) is 4.77. The SMILES string of the molecule is CN(CC(=O)Nc1ccc(N2CCOCC2)cc1)C(=O)C1CC1c1ccccc1Cl. The summed E-state index contributed by atoms with van der Waals surface area (Å²) in [6.45, 7) is 3.23. The normalized spacial score (nSPS) is 20.5. The maximum absolute atomic E-state index is 12.7. The summed E-state index contributed by atoms with van der Waals surface area (Å²) in [6, 6.07) is 15.4. The van der Waals surface area contributed by atoms with Crippen LogP contribution in [0.3, 0.4) is 0 Å². The van der Waals surface area contributed by atoms with Crippen LogP contribution >= 0.6 is 11.6 Å². The van der Waals surface area contributed by atoms with Crippen LogP contribution < -0.4 is 10.2 Å². The van der Waals surface area contributed by atoms with Gasteiger partial charge in [0.2, 0.25) is 11.8 Å². The van der Waals surface area contributed by atoms with Gasteiger partial charge in [0.05, 0.1) is 19.8 Å². The number of nitrogens with zero attached hydrogens (tertiary/aromatic N) is 2. The van der Waals surface area contributed by atoms with Crippen molar-refractivity contribution in [2.45, 2.75) is 12.3 Å². The zero-order valence-corrected chi connectivity index (χ0v) is 17.8. The summed E-state index contributed by atoms with van der Waals surface area (Å²) in [6.07, 6.45) is 0.775. The molecule has 2 unspecified atom stereocenters. The van der Waals surface area contributed by atoms with Crippen LogP contribution in [0, 0.1) is 5.92 Å². The second-order valence-electron chi connectivity index (χ2n) is 7.86. The molecule has 0 radical (unpaired) electrons. The number of anilines is 2. The number of carbonyl (C=O) groups excluding carboxylic acids is 2. The minimum atomic E-state index is -0.208. The fraction of sp³-hybridized carbons (Fsp3) is 0.391. The summed E-state index contributed by atoms with van der Waals surface area (Å²) in [5, 5.41) is 3.57. The number of benzene rings is 2. The molecule has 2 fully saturated rings. The van der Waals surface area contributed by atoms with Crippen molar-refractivity contribution in [3.8, 4) is 0 Å². The fourth-order valence-corrected chi connectivity index (χ4v) is 4.22. The van der Waals surface area contributed by atoms with Gasteiger partial charge in [0.15, 0.2) is 0 Å². The minimum absolute atomic E-state index is 0.0160. The molecular weight excluding hydrogens is 402 g/mol. The fourth-order valence-electron chi connectivity index (χ4n) is 3.94. The van der Waals surface area contributed by atoms with E-state index in [-0.39, 0.29) is 30.2 Å². The molecule has 30 heavy (non-hydrogen) atoms. The number of hydrogen-bond acceptors (Lipinski definition) is 4. The predicted molar refractivity (Wildman–Crippen MR) is 118 cm³/mol. The lowest BCUT2D eigenvalue weighted by Gasteiger charge is -2.28. The molecule has 6 nitrogen and oxygen atoms in total. The van der Waals surface area contributed by atoms with Crippen molar-refractivity contribution in [3.05, 3.63) is 59.1 Å². The van der Waals surface area contributed by atoms with Gasteiger partial charge in [0, 0.05) is 42.5 Å². The number of nitrogens with one attached hydrogen (secondary N) is 1. The Labute approximate surface area is 181 Å². The average Bonchev–Trinajstić information content (AvgIpc) is 3.55. The van der Waals surface area contributed by atoms with Gasteiger partial charge in [0.1, 0.15) is 0 Å². The van der Waals surface area contributed by atoms with Gasteiger partial charge in [-0.25, -0.2) is 0 Å². The number of rotatable bonds is 6. The van der Waals surface area contributed by atoms with E-state index in [9.17, 15) is 9.59 Å². The van der Waals surface area contributed by atoms with Crippen LogP contribution in [-0.4, -0.2) is 56.6 Å². The molecule has 2 atom stereocenters. The summed E-state index contributed by atoms with van der Waals surface area (Å²) in [4.78, 5) is 28.9. The van der Waals surface area contributed by atoms with Crippen molar-refractivity contribution in [2.75, 3.05) is 50.1 Å². The summed E-state index contributed by atoms with van der Waals surface area (Å²) >= 11 is 6.25. The standard InChI is InChI=1S/C23H26ClN3O3/c1-26(23(29)20-14-19(20)18-4-2-3-5-21(18)24)15-22(28)25-16-6-8-17(9-7-16)27-10-12-30-13-11-27/h2-9,19-20H,10-15H2,1H3,(H,25,28). The molecule has 1 N–H and O–H groups in total. The van der Waals surface area contributed by atoms with E-state index in [1.165, 1.54) is 4.90 Å². The van der Waals surface area contributed by atoms with E-state index in [0.29, 0.717) is 5.02 Å². The van der Waals surface area contributed by atoms with Crippen LogP contribution in [-0.2, 0) is 14.3 Å². The molecule has 2 aliphatic rings. The topological polar surface area (TPSA) is 61.9 Å². The third-order valence-corrected chi connectivity index (χ3v) is 6.04. The van der Waals surface area contributed by atoms with E-state index < -0.39 is 0 Å². The Balaban J connectivity index is 1.27. The lowest BCUT2D eigenvalue weighted by Crippen LogP contribution is -2.36. The van der Waals surface area contributed by atoms with Gasteiger partial charge in [-0.05, 0) is 48.2 Å². The van der Waals surface area contributed by atoms with Crippen LogP contribution in [0.4, 0.5) is 11.4 Å². The molecule has 7 heteroatoms. The highest BCUT2D eigenvalue weighted by Crippen LogP contribution is 2.50. The van der Waals surface area contributed by atoms with Crippen LogP contribution in [0.25, 0.3) is 0 Å². The van der Waals surface area contributed by atoms with Crippen molar-refractivity contribution in [1.82, 2.24) is 4.90 Å². The van der Waals surface area contributed by atoms with Crippen LogP contribution in [0.1, 0.15) is 17.9 Å². The van der Waals surface area contributed by atoms with Gasteiger partial charge in [-0.3, -0.25) is 9.59 Å². The first kappa shape index (κ1) is 20.7. The Morgan fingerprint density at radius 2 is 1.83 bits per heavy atom. The molecule has 4 rings (SSSR count). The summed E-state index contributed by atoms with van der Waals surface area (Å²) in [7, 11) is 1.67. The number of ether oxygens (including phenoxy) is 1. The van der Waals surface area contributed by atoms with Crippen LogP contribution in [0.15, 0.2) is 48.5 Å². The number of hydrogen-bond donors (Lipinski definition) is 1. The molecule has 0 aromatic heterocycles. The van der Waals surface area contributed by atoms with E-state index in [1.807, 2.05) is 48.5 Å². The number of amides is 2. The van der Waals surface area contributed by atoms with Crippen LogP contribution in [0.2, 0.25) is 5.02 Å². The highest BCUT2D eigenvalue weighted by molar-refractivity contribution is 6.31. The van der Waals surface area contributed by atoms with E-state index >= 15 is 0 Å². The van der Waals surface area contributed by atoms with E-state index in [2.05, 4.69) is 10.2 Å². The van der Waals surface area contributed by atoms with Crippen molar-refractivity contribution >= 4 is 34.8 Å². The van der Waals surface area contributed by atoms with Crippen molar-refractivity contribution in [2.24, 2.45) is 5.92 Å². The third-order valence-electron chi connectivity index (χ3n) is 5.70. The van der Waals surface area contributed by atoms with Crippen molar-refractivity contribution in [3.63, 3.8) is 0 Å². The number of halogens is 1. The maximum atomic E-state index is 12.7. The average molecular weight is 428 g/mol. The Kier molecular flexibility index (Phi) is 6.25. The first-order valence-corrected chi connectivity index (χ1v) is 10.6. The molecule has 2 aromatic rings. The Bertz CT molecular complexity index is 912. The molecule has 2 amide bonds. The lowest BCUT2D eigenvalue weighted by atomic mass is 10.1. The lowest BCUT2D eigenvalue weighted by molar-refractivity contribution is -0.134. The Morgan fingerprint density at radius 1 is 1.13 bits per heavy atom. The van der Waals surface area contributed by atoms with Gasteiger partial charge in [-0.2, -0.15) is 0 Å². The molecule has 2 aromatic carbocycles. The summed E-state index contributed by atoms with van der Waals surface area (Å²) < 4.78 is 5.38. The Hall–Kier alpha value is -2.57. The first-order chi connectivity index (χ1) is 14.5. The summed E-state index contributed by atoms with van der Waals surface area (Å²) in [5.41, 5.74) is 2.84. The highest BCUT2D eigenvalue weighted by Gasteiger charge is 2.46. The van der Waals surface area contributed by atoms with Gasteiger partial charge >= 0.3 is 0 Å². The van der Waals surface area contributed by atoms with Gasteiger partial charge in [-0.1, -0.05) is 29.8 Å². The van der Waals surface area contributed by atoms with Gasteiger partial charge in [0.25, 0.3) is 0 Å².